The van der Waals surface area contributed by atoms with Gasteiger partial charge in [0.1, 0.15) is 42.7 Å². The lowest BCUT2D eigenvalue weighted by atomic mass is 10.1. The van der Waals surface area contributed by atoms with Crippen molar-refractivity contribution in [2.75, 3.05) is 105 Å². The zero-order chi connectivity index (χ0) is 53.2. The number of amidine groups is 2. The summed E-state index contributed by atoms with van der Waals surface area (Å²) in [6, 6.07) is 48.6. The monoisotopic (exact) mass is 1080 g/mol. The van der Waals surface area contributed by atoms with E-state index in [9.17, 15) is 14.7 Å². The van der Waals surface area contributed by atoms with Gasteiger partial charge in [-0.25, -0.2) is 9.98 Å². The van der Waals surface area contributed by atoms with E-state index in [1.165, 1.54) is 15.4 Å². The van der Waals surface area contributed by atoms with Crippen molar-refractivity contribution in [2.24, 2.45) is 21.5 Å². The van der Waals surface area contributed by atoms with E-state index in [0.717, 1.165) is 115 Å². The highest BCUT2D eigenvalue weighted by Crippen LogP contribution is 2.42. The Hall–Kier alpha value is -6.54. The summed E-state index contributed by atoms with van der Waals surface area (Å²) >= 11 is 3.43. The third kappa shape index (κ3) is 15.8. The van der Waals surface area contributed by atoms with E-state index in [1.54, 1.807) is 29.6 Å². The lowest BCUT2D eigenvalue weighted by Gasteiger charge is -2.36. The molecule has 10 rings (SSSR count). The molecule has 0 saturated carbocycles. The lowest BCUT2D eigenvalue weighted by Crippen LogP contribution is -2.49. The summed E-state index contributed by atoms with van der Waals surface area (Å²) in [6.45, 7) is 11.2. The van der Waals surface area contributed by atoms with Gasteiger partial charge >= 0.3 is 11.9 Å². The van der Waals surface area contributed by atoms with Gasteiger partial charge < -0.3 is 45.3 Å². The van der Waals surface area contributed by atoms with Gasteiger partial charge in [-0.3, -0.25) is 19.4 Å². The first-order chi connectivity index (χ1) is 37.7. The number of carbonyl (C=O) groups excluding carboxylic acids is 2. The zero-order valence-electron chi connectivity index (χ0n) is 43.4. The van der Waals surface area contributed by atoms with Crippen molar-refractivity contribution in [1.82, 2.24) is 19.6 Å². The number of phenolic OH excluding ortho intramolecular Hbond substituents is 1. The molecule has 2 saturated heterocycles. The third-order valence-electron chi connectivity index (χ3n) is 13.6. The van der Waals surface area contributed by atoms with Gasteiger partial charge in [0, 0.05) is 96.2 Å². The Bertz CT molecular complexity index is 2940. The van der Waals surface area contributed by atoms with E-state index in [0.29, 0.717) is 39.3 Å². The first-order valence-corrected chi connectivity index (χ1v) is 28.0. The minimum Gasteiger partial charge on any atom is -0.508 e. The summed E-state index contributed by atoms with van der Waals surface area (Å²) in [6.07, 6.45) is 0.925. The van der Waals surface area contributed by atoms with Crippen molar-refractivity contribution >= 4 is 58.5 Å². The molecule has 77 heavy (non-hydrogen) atoms. The Labute approximate surface area is 460 Å². The third-order valence-corrected chi connectivity index (χ3v) is 15.8. The van der Waals surface area contributed by atoms with Crippen molar-refractivity contribution in [3.05, 3.63) is 174 Å². The van der Waals surface area contributed by atoms with Crippen LogP contribution in [-0.2, 0) is 41.4 Å². The van der Waals surface area contributed by atoms with Crippen LogP contribution in [0.1, 0.15) is 22.3 Å². The summed E-state index contributed by atoms with van der Waals surface area (Å²) in [5, 5.41) is 10.1. The molecule has 2 atom stereocenters. The van der Waals surface area contributed by atoms with Crippen LogP contribution >= 0.6 is 23.5 Å². The maximum absolute atomic E-state index is 12.1. The molecule has 4 aliphatic rings. The van der Waals surface area contributed by atoms with Crippen LogP contribution < -0.4 is 11.5 Å². The number of hydrogen-bond acceptors (Lipinski definition) is 17. The number of para-hydroxylation sites is 2. The van der Waals surface area contributed by atoms with Crippen LogP contribution in [0.3, 0.4) is 0 Å². The van der Waals surface area contributed by atoms with Gasteiger partial charge in [0.05, 0.1) is 37.8 Å². The van der Waals surface area contributed by atoms with Crippen LogP contribution in [0.5, 0.6) is 5.75 Å². The number of rotatable bonds is 18. The molecule has 0 radical (unpaired) electrons. The predicted molar refractivity (Wildman–Crippen MR) is 304 cm³/mol. The number of nitrogens with two attached hydrogens (primary N) is 2. The van der Waals surface area contributed by atoms with E-state index < -0.39 is 24.0 Å². The Balaban J connectivity index is 0.000000188. The second-order valence-electron chi connectivity index (χ2n) is 19.0. The van der Waals surface area contributed by atoms with Gasteiger partial charge in [-0.05, 0) is 72.5 Å². The van der Waals surface area contributed by atoms with Gasteiger partial charge in [0.25, 0.3) is 0 Å². The van der Waals surface area contributed by atoms with Crippen molar-refractivity contribution in [3.63, 3.8) is 0 Å². The second kappa shape index (κ2) is 28.2. The maximum Gasteiger partial charge on any atom is 0.323 e. The number of carbonyl (C=O) groups is 2. The quantitative estimate of drug-likeness (QED) is 0.0564. The number of ether oxygens (including phenoxy) is 4. The molecule has 2 fully saturated rings. The molecular weight excluding hydrogens is 1010 g/mol. The molecule has 15 nitrogen and oxygen atoms in total. The van der Waals surface area contributed by atoms with Gasteiger partial charge in [-0.2, -0.15) is 0 Å². The Morgan fingerprint density at radius 3 is 1.39 bits per heavy atom. The SMILES string of the molecule is NC(Cc1ccccc1)C(=O)OCCOCCN1CCN(C2=Nc3ccccc3Sc3cc(O)ccc32)CC1.NC(Cc1ccccc1)C(=O)OCCOCCN1CCN(C2=Nc3ccccc3Sc3ccccc32)CC1. The van der Waals surface area contributed by atoms with Gasteiger partial charge in [0.15, 0.2) is 0 Å². The fourth-order valence-electron chi connectivity index (χ4n) is 9.34. The van der Waals surface area contributed by atoms with Crippen LogP contribution in [0, 0.1) is 0 Å². The largest absolute Gasteiger partial charge is 0.508 e. The Kier molecular flexibility index (Phi) is 20.2. The Morgan fingerprint density at radius 2 is 0.896 bits per heavy atom. The molecule has 4 aliphatic heterocycles. The summed E-state index contributed by atoms with van der Waals surface area (Å²) in [4.78, 5) is 48.4. The average Bonchev–Trinajstić information content (AvgIpc) is 3.74. The van der Waals surface area contributed by atoms with Crippen LogP contribution in [-0.4, -0.2) is 165 Å². The molecule has 0 bridgehead atoms. The molecule has 0 amide bonds. The van der Waals surface area contributed by atoms with Crippen LogP contribution in [0.2, 0.25) is 0 Å². The highest BCUT2D eigenvalue weighted by atomic mass is 32.2. The number of phenols is 1. The average molecular weight is 1080 g/mol. The first kappa shape index (κ1) is 55.2. The summed E-state index contributed by atoms with van der Waals surface area (Å²) < 4.78 is 22.0. The van der Waals surface area contributed by atoms with Gasteiger partial charge in [0.2, 0.25) is 0 Å². The van der Waals surface area contributed by atoms with E-state index in [1.807, 2.05) is 91.0 Å². The highest BCUT2D eigenvalue weighted by Gasteiger charge is 2.28. The molecule has 0 aromatic heterocycles. The number of benzene rings is 6. The van der Waals surface area contributed by atoms with E-state index in [4.69, 9.17) is 40.4 Å². The molecular formula is C60H68N8O7S2. The van der Waals surface area contributed by atoms with Crippen molar-refractivity contribution < 1.29 is 33.6 Å². The smallest absolute Gasteiger partial charge is 0.323 e. The maximum atomic E-state index is 12.1. The fourth-order valence-corrected chi connectivity index (χ4v) is 11.4. The zero-order valence-corrected chi connectivity index (χ0v) is 45.0. The molecule has 0 spiro atoms. The molecule has 17 heteroatoms. The number of hydrogen-bond donors (Lipinski definition) is 3. The predicted octanol–water partition coefficient (Wildman–Crippen LogP) is 7.66. The van der Waals surface area contributed by atoms with Gasteiger partial charge in [-0.1, -0.05) is 127 Å². The first-order valence-electron chi connectivity index (χ1n) is 26.4. The van der Waals surface area contributed by atoms with E-state index >= 15 is 0 Å². The molecule has 0 aliphatic carbocycles. The van der Waals surface area contributed by atoms with Crippen LogP contribution in [0.15, 0.2) is 181 Å². The van der Waals surface area contributed by atoms with Crippen molar-refractivity contribution in [1.29, 1.82) is 0 Å². The second-order valence-corrected chi connectivity index (χ2v) is 21.2. The van der Waals surface area contributed by atoms with E-state index in [-0.39, 0.29) is 19.0 Å². The number of nitrogens with zero attached hydrogens (tertiary/aromatic N) is 6. The minimum atomic E-state index is -0.675. The molecule has 4 heterocycles. The molecule has 2 unspecified atom stereocenters. The fraction of sp³-hybridized carbons (Fsp3) is 0.333. The number of piperazine rings is 2. The summed E-state index contributed by atoms with van der Waals surface area (Å²) in [7, 11) is 0. The number of fused-ring (bicyclic) bond motifs is 4. The van der Waals surface area contributed by atoms with Crippen LogP contribution in [0.25, 0.3) is 0 Å². The van der Waals surface area contributed by atoms with E-state index in [2.05, 4.69) is 74.2 Å². The standard InChI is InChI=1S/C30H34N4O4S.C30H34N4O3S/c31-25(20-22-6-2-1-3-7-22)30(36)38-19-18-37-17-16-33-12-14-34(15-13-33)29-24-11-10-23(35)21-28(24)39-27-9-5-4-8-26(27)32-29;31-25(22-23-8-2-1-3-9-23)30(35)37-21-20-36-19-18-33-14-16-34(17-15-33)29-24-10-4-6-12-27(24)38-28-13-7-5-11-26(28)32-29/h1-11,21,25,35H,12-20,31H2;1-13,25H,14-22,31H2. The number of aromatic hydroxyl groups is 1. The number of aliphatic imine (C=N–C) groups is 2. The summed E-state index contributed by atoms with van der Waals surface area (Å²) in [5.41, 5.74) is 18.2. The van der Waals surface area contributed by atoms with Gasteiger partial charge in [-0.15, -0.1) is 0 Å². The van der Waals surface area contributed by atoms with Crippen LogP contribution in [0.4, 0.5) is 11.4 Å². The molecule has 5 N–H and O–H groups in total. The molecule has 402 valence electrons. The Morgan fingerprint density at radius 1 is 0.481 bits per heavy atom. The molecule has 6 aromatic carbocycles. The van der Waals surface area contributed by atoms with Crippen molar-refractivity contribution in [3.8, 4) is 5.75 Å². The normalized spacial score (nSPS) is 16.1. The minimum absolute atomic E-state index is 0.198. The lowest BCUT2D eigenvalue weighted by molar-refractivity contribution is -0.147. The van der Waals surface area contributed by atoms with Crippen molar-refractivity contribution in [2.45, 2.75) is 44.5 Å². The molecule has 6 aromatic rings. The highest BCUT2D eigenvalue weighted by molar-refractivity contribution is 7.99. The number of esters is 2. The summed E-state index contributed by atoms with van der Waals surface area (Å²) in [5.74, 6) is 1.47. The topological polar surface area (TPSA) is 181 Å².